The van der Waals surface area contributed by atoms with Crippen LogP contribution in [0.3, 0.4) is 0 Å². The summed E-state index contributed by atoms with van der Waals surface area (Å²) in [5, 5.41) is 8.76. The number of benzene rings is 1. The fourth-order valence-electron chi connectivity index (χ4n) is 3.10. The number of nitriles is 1. The van der Waals surface area contributed by atoms with Crippen molar-refractivity contribution in [2.75, 3.05) is 0 Å². The number of hydrogen-bond donors (Lipinski definition) is 0. The zero-order chi connectivity index (χ0) is 15.6. The second kappa shape index (κ2) is 9.11. The molecule has 0 amide bonds. The fourth-order valence-corrected chi connectivity index (χ4v) is 3.10. The molecule has 1 saturated carbocycles. The van der Waals surface area contributed by atoms with Crippen LogP contribution in [0.2, 0.25) is 0 Å². The van der Waals surface area contributed by atoms with Gasteiger partial charge in [-0.25, -0.2) is 0 Å². The molecule has 1 aliphatic rings. The van der Waals surface area contributed by atoms with Crippen LogP contribution in [0.4, 0.5) is 0 Å². The maximum absolute atomic E-state index is 8.76. The van der Waals surface area contributed by atoms with E-state index >= 15 is 0 Å². The molecule has 0 saturated heterocycles. The Kier molecular flexibility index (Phi) is 6.79. The van der Waals surface area contributed by atoms with Crippen LogP contribution in [0.15, 0.2) is 36.4 Å². The summed E-state index contributed by atoms with van der Waals surface area (Å²) in [6.07, 6.45) is 13.8. The molecule has 1 fully saturated rings. The lowest BCUT2D eigenvalue weighted by atomic mass is 9.80. The second-order valence-corrected chi connectivity index (χ2v) is 6.24. The van der Waals surface area contributed by atoms with Gasteiger partial charge in [0.05, 0.1) is 11.6 Å². The first kappa shape index (κ1) is 16.4. The monoisotopic (exact) mass is 291 g/mol. The Bertz CT molecular complexity index is 569. The summed E-state index contributed by atoms with van der Waals surface area (Å²) in [6.45, 7) is 2.28. The van der Waals surface area contributed by atoms with Gasteiger partial charge in [0.2, 0.25) is 0 Å². The zero-order valence-corrected chi connectivity index (χ0v) is 13.5. The molecule has 0 spiro atoms. The van der Waals surface area contributed by atoms with Crippen molar-refractivity contribution in [3.8, 4) is 17.9 Å². The minimum Gasteiger partial charge on any atom is -0.192 e. The van der Waals surface area contributed by atoms with Crippen LogP contribution < -0.4 is 0 Å². The highest BCUT2D eigenvalue weighted by atomic mass is 14.2. The van der Waals surface area contributed by atoms with Gasteiger partial charge >= 0.3 is 0 Å². The first-order valence-corrected chi connectivity index (χ1v) is 8.50. The summed E-state index contributed by atoms with van der Waals surface area (Å²) in [6, 6.07) is 9.54. The van der Waals surface area contributed by atoms with Crippen LogP contribution in [-0.4, -0.2) is 0 Å². The highest BCUT2D eigenvalue weighted by Crippen LogP contribution is 2.32. The Morgan fingerprint density at radius 2 is 1.77 bits per heavy atom. The third-order valence-electron chi connectivity index (χ3n) is 4.54. The standard InChI is InChI=1S/C21H25N/c1-2-3-6-18-9-11-19(12-10-18)7-4-5-8-20-13-15-21(17-22)16-14-20/h4,7,13-16,18-19H,2-3,6,9-12H2,1H3/t18-,19-. The Hall–Kier alpha value is -1.99. The summed E-state index contributed by atoms with van der Waals surface area (Å²) >= 11 is 0. The first-order valence-electron chi connectivity index (χ1n) is 8.50. The minimum atomic E-state index is 0.681. The average Bonchev–Trinajstić information content (AvgIpc) is 2.58. The quantitative estimate of drug-likeness (QED) is 0.675. The summed E-state index contributed by atoms with van der Waals surface area (Å²) < 4.78 is 0. The van der Waals surface area contributed by atoms with Crippen molar-refractivity contribution >= 4 is 0 Å². The second-order valence-electron chi connectivity index (χ2n) is 6.24. The lowest BCUT2D eigenvalue weighted by molar-refractivity contribution is 0.291. The van der Waals surface area contributed by atoms with E-state index in [1.807, 2.05) is 30.3 Å². The van der Waals surface area contributed by atoms with Crippen LogP contribution in [0.5, 0.6) is 0 Å². The predicted molar refractivity (Wildman–Crippen MR) is 92.1 cm³/mol. The van der Waals surface area contributed by atoms with E-state index in [1.165, 1.54) is 44.9 Å². The van der Waals surface area contributed by atoms with Gasteiger partial charge < -0.3 is 0 Å². The maximum atomic E-state index is 8.76. The van der Waals surface area contributed by atoms with Crippen LogP contribution in [0, 0.1) is 35.0 Å². The van der Waals surface area contributed by atoms with Gasteiger partial charge in [0.25, 0.3) is 0 Å². The molecule has 0 aliphatic heterocycles. The van der Waals surface area contributed by atoms with Crippen molar-refractivity contribution in [1.82, 2.24) is 0 Å². The van der Waals surface area contributed by atoms with Crippen molar-refractivity contribution in [1.29, 1.82) is 5.26 Å². The van der Waals surface area contributed by atoms with E-state index in [1.54, 1.807) is 0 Å². The maximum Gasteiger partial charge on any atom is 0.0991 e. The number of hydrogen-bond acceptors (Lipinski definition) is 1. The topological polar surface area (TPSA) is 23.8 Å². The molecule has 0 unspecified atom stereocenters. The minimum absolute atomic E-state index is 0.681. The van der Waals surface area contributed by atoms with Gasteiger partial charge in [-0.3, -0.25) is 0 Å². The van der Waals surface area contributed by atoms with Crippen molar-refractivity contribution in [3.63, 3.8) is 0 Å². The van der Waals surface area contributed by atoms with Crippen molar-refractivity contribution in [2.24, 2.45) is 11.8 Å². The summed E-state index contributed by atoms with van der Waals surface area (Å²) in [5.74, 6) is 7.93. The first-order chi connectivity index (χ1) is 10.8. The van der Waals surface area contributed by atoms with Gasteiger partial charge in [-0.05, 0) is 67.9 Å². The summed E-state index contributed by atoms with van der Waals surface area (Å²) in [5.41, 5.74) is 1.65. The Morgan fingerprint density at radius 3 is 2.41 bits per heavy atom. The molecule has 0 aromatic heterocycles. The molecular weight excluding hydrogens is 266 g/mol. The number of nitrogens with zero attached hydrogens (tertiary/aromatic N) is 1. The highest BCUT2D eigenvalue weighted by molar-refractivity contribution is 5.41. The highest BCUT2D eigenvalue weighted by Gasteiger charge is 2.18. The van der Waals surface area contributed by atoms with Gasteiger partial charge in [-0.15, -0.1) is 0 Å². The number of allylic oxidation sites excluding steroid dienone is 2. The Morgan fingerprint density at radius 1 is 1.09 bits per heavy atom. The van der Waals surface area contributed by atoms with E-state index in [0.717, 1.165) is 11.5 Å². The molecule has 0 bridgehead atoms. The molecule has 0 atom stereocenters. The van der Waals surface area contributed by atoms with E-state index in [2.05, 4.69) is 30.9 Å². The van der Waals surface area contributed by atoms with E-state index in [-0.39, 0.29) is 0 Å². The van der Waals surface area contributed by atoms with Gasteiger partial charge in [0, 0.05) is 5.56 Å². The van der Waals surface area contributed by atoms with Crippen molar-refractivity contribution in [2.45, 2.75) is 51.9 Å². The van der Waals surface area contributed by atoms with E-state index < -0.39 is 0 Å². The molecule has 0 heterocycles. The molecule has 0 N–H and O–H groups in total. The molecular formula is C21H25N. The molecule has 0 radical (unpaired) electrons. The third kappa shape index (κ3) is 5.42. The van der Waals surface area contributed by atoms with Gasteiger partial charge in [-0.2, -0.15) is 5.26 Å². The SMILES string of the molecule is CCCC[C@H]1CC[C@H](C=CC#Cc2ccc(C#N)cc2)CC1. The van der Waals surface area contributed by atoms with Crippen molar-refractivity contribution < 1.29 is 0 Å². The third-order valence-corrected chi connectivity index (χ3v) is 4.54. The molecule has 114 valence electrons. The zero-order valence-electron chi connectivity index (χ0n) is 13.5. The lowest BCUT2D eigenvalue weighted by Crippen LogP contribution is -2.12. The van der Waals surface area contributed by atoms with Gasteiger partial charge in [0.1, 0.15) is 0 Å². The molecule has 1 heteroatoms. The van der Waals surface area contributed by atoms with Gasteiger partial charge in [-0.1, -0.05) is 44.1 Å². The molecule has 1 nitrogen and oxygen atoms in total. The molecule has 1 aromatic carbocycles. The van der Waals surface area contributed by atoms with Crippen LogP contribution in [-0.2, 0) is 0 Å². The molecule has 22 heavy (non-hydrogen) atoms. The Labute approximate surface area is 135 Å². The average molecular weight is 291 g/mol. The predicted octanol–water partition coefficient (Wildman–Crippen LogP) is 5.46. The lowest BCUT2D eigenvalue weighted by Gasteiger charge is -2.26. The van der Waals surface area contributed by atoms with Crippen LogP contribution in [0.25, 0.3) is 0 Å². The van der Waals surface area contributed by atoms with E-state index in [0.29, 0.717) is 11.5 Å². The van der Waals surface area contributed by atoms with Crippen molar-refractivity contribution in [3.05, 3.63) is 47.5 Å². The largest absolute Gasteiger partial charge is 0.192 e. The normalized spacial score (nSPS) is 21.1. The van der Waals surface area contributed by atoms with E-state index in [4.69, 9.17) is 5.26 Å². The van der Waals surface area contributed by atoms with E-state index in [9.17, 15) is 0 Å². The Balaban J connectivity index is 1.77. The number of rotatable bonds is 4. The summed E-state index contributed by atoms with van der Waals surface area (Å²) in [7, 11) is 0. The molecule has 1 aliphatic carbocycles. The summed E-state index contributed by atoms with van der Waals surface area (Å²) in [4.78, 5) is 0. The number of unbranched alkanes of at least 4 members (excludes halogenated alkanes) is 1. The van der Waals surface area contributed by atoms with Gasteiger partial charge in [0.15, 0.2) is 0 Å². The molecule has 2 rings (SSSR count). The fraction of sp³-hybridized carbons (Fsp3) is 0.476. The van der Waals surface area contributed by atoms with Crippen LogP contribution in [0.1, 0.15) is 63.0 Å². The van der Waals surface area contributed by atoms with Crippen LogP contribution >= 0.6 is 0 Å². The smallest absolute Gasteiger partial charge is 0.0991 e. The molecule has 1 aromatic rings.